The summed E-state index contributed by atoms with van der Waals surface area (Å²) in [5, 5.41) is 6.60. The van der Waals surface area contributed by atoms with Crippen molar-refractivity contribution in [1.29, 1.82) is 0 Å². The van der Waals surface area contributed by atoms with Gasteiger partial charge in [-0.25, -0.2) is 4.98 Å². The molecule has 3 rings (SSSR count). The molecule has 134 valence electrons. The van der Waals surface area contributed by atoms with Crippen LogP contribution in [0, 0.1) is 13.8 Å². The molecule has 0 saturated heterocycles. The van der Waals surface area contributed by atoms with Gasteiger partial charge in [0.15, 0.2) is 5.96 Å². The smallest absolute Gasteiger partial charge is 0.226 e. The largest absolute Gasteiger partial charge is 0.444 e. The second-order valence-corrected chi connectivity index (χ2v) is 6.22. The molecule has 5 nitrogen and oxygen atoms in total. The predicted octanol–water partition coefficient (Wildman–Crippen LogP) is 3.82. The molecule has 0 aliphatic carbocycles. The van der Waals surface area contributed by atoms with Gasteiger partial charge in [-0.05, 0) is 37.1 Å². The van der Waals surface area contributed by atoms with Crippen LogP contribution in [0.3, 0.4) is 0 Å². The Balaban J connectivity index is 1.55. The van der Waals surface area contributed by atoms with Crippen LogP contribution in [-0.4, -0.2) is 18.0 Å². The van der Waals surface area contributed by atoms with Crippen LogP contribution in [-0.2, 0) is 13.1 Å². The summed E-state index contributed by atoms with van der Waals surface area (Å²) in [7, 11) is 1.76. The molecular weight excluding hydrogens is 324 g/mol. The Kier molecular flexibility index (Phi) is 5.69. The van der Waals surface area contributed by atoms with Crippen molar-refractivity contribution in [3.63, 3.8) is 0 Å². The molecule has 0 unspecified atom stereocenters. The maximum atomic E-state index is 5.56. The van der Waals surface area contributed by atoms with E-state index in [2.05, 4.69) is 52.7 Å². The molecular formula is C21H24N4O. The monoisotopic (exact) mass is 348 g/mol. The minimum Gasteiger partial charge on any atom is -0.444 e. The number of hydrogen-bond acceptors (Lipinski definition) is 3. The minimum atomic E-state index is 0.545. The van der Waals surface area contributed by atoms with E-state index in [1.807, 2.05) is 30.3 Å². The summed E-state index contributed by atoms with van der Waals surface area (Å²) in [6.07, 6.45) is 1.67. The fourth-order valence-electron chi connectivity index (χ4n) is 2.72. The third kappa shape index (κ3) is 4.51. The summed E-state index contributed by atoms with van der Waals surface area (Å²) < 4.78 is 5.56. The van der Waals surface area contributed by atoms with E-state index in [9.17, 15) is 0 Å². The van der Waals surface area contributed by atoms with Crippen LogP contribution in [0.5, 0.6) is 0 Å². The summed E-state index contributed by atoms with van der Waals surface area (Å²) >= 11 is 0. The lowest BCUT2D eigenvalue weighted by molar-refractivity contribution is 0.572. The average molecular weight is 348 g/mol. The fourth-order valence-corrected chi connectivity index (χ4v) is 2.72. The topological polar surface area (TPSA) is 62.5 Å². The molecule has 0 aliphatic heterocycles. The van der Waals surface area contributed by atoms with Crippen LogP contribution < -0.4 is 10.6 Å². The standard InChI is InChI=1S/C21H24N4O/c1-15-9-10-18(16(2)11-15)12-23-21(22-3)24-13-19-14-26-20(25-19)17-7-5-4-6-8-17/h4-11,14H,12-13H2,1-3H3,(H2,22,23,24). The molecule has 2 aromatic carbocycles. The van der Waals surface area contributed by atoms with Crippen molar-refractivity contribution in [3.8, 4) is 11.5 Å². The number of hydrogen-bond donors (Lipinski definition) is 2. The Hall–Kier alpha value is -3.08. The summed E-state index contributed by atoms with van der Waals surface area (Å²) in [5.74, 6) is 1.36. The van der Waals surface area contributed by atoms with Crippen molar-refractivity contribution < 1.29 is 4.42 Å². The third-order valence-electron chi connectivity index (χ3n) is 4.18. The van der Waals surface area contributed by atoms with Gasteiger partial charge >= 0.3 is 0 Å². The van der Waals surface area contributed by atoms with Crippen LogP contribution in [0.1, 0.15) is 22.4 Å². The highest BCUT2D eigenvalue weighted by atomic mass is 16.3. The lowest BCUT2D eigenvalue weighted by atomic mass is 10.1. The van der Waals surface area contributed by atoms with E-state index in [1.165, 1.54) is 16.7 Å². The molecule has 1 aromatic heterocycles. The molecule has 0 bridgehead atoms. The zero-order valence-corrected chi connectivity index (χ0v) is 15.4. The Bertz CT molecular complexity index is 884. The number of guanidine groups is 1. The molecule has 0 amide bonds. The SMILES string of the molecule is CN=C(NCc1coc(-c2ccccc2)n1)NCc1ccc(C)cc1C. The summed E-state index contributed by atoms with van der Waals surface area (Å²) in [6.45, 7) is 5.50. The first-order valence-electron chi connectivity index (χ1n) is 8.66. The highest BCUT2D eigenvalue weighted by molar-refractivity contribution is 5.79. The van der Waals surface area contributed by atoms with Crippen molar-refractivity contribution in [1.82, 2.24) is 15.6 Å². The number of benzene rings is 2. The second kappa shape index (κ2) is 8.34. The van der Waals surface area contributed by atoms with E-state index in [-0.39, 0.29) is 0 Å². The molecule has 0 spiro atoms. The Labute approximate surface area is 154 Å². The number of rotatable bonds is 5. The number of oxazole rings is 1. The van der Waals surface area contributed by atoms with Gasteiger partial charge in [-0.3, -0.25) is 4.99 Å². The first-order valence-corrected chi connectivity index (χ1v) is 8.66. The van der Waals surface area contributed by atoms with Gasteiger partial charge in [0.25, 0.3) is 0 Å². The van der Waals surface area contributed by atoms with E-state index in [0.717, 1.165) is 23.8 Å². The van der Waals surface area contributed by atoms with Crippen molar-refractivity contribution in [2.45, 2.75) is 26.9 Å². The second-order valence-electron chi connectivity index (χ2n) is 6.22. The zero-order chi connectivity index (χ0) is 18.4. The lowest BCUT2D eigenvalue weighted by Crippen LogP contribution is -2.36. The average Bonchev–Trinajstić information content (AvgIpc) is 3.13. The predicted molar refractivity (Wildman–Crippen MR) is 105 cm³/mol. The molecule has 3 aromatic rings. The molecule has 0 radical (unpaired) electrons. The minimum absolute atomic E-state index is 0.545. The van der Waals surface area contributed by atoms with Gasteiger partial charge in [0, 0.05) is 19.2 Å². The van der Waals surface area contributed by atoms with Gasteiger partial charge in [-0.1, -0.05) is 42.0 Å². The van der Waals surface area contributed by atoms with Crippen LogP contribution in [0.4, 0.5) is 0 Å². The van der Waals surface area contributed by atoms with E-state index in [4.69, 9.17) is 4.42 Å². The number of nitrogens with zero attached hydrogens (tertiary/aromatic N) is 2. The van der Waals surface area contributed by atoms with Gasteiger partial charge in [0.1, 0.15) is 6.26 Å². The third-order valence-corrected chi connectivity index (χ3v) is 4.18. The van der Waals surface area contributed by atoms with E-state index >= 15 is 0 Å². The molecule has 0 fully saturated rings. The van der Waals surface area contributed by atoms with Gasteiger partial charge < -0.3 is 15.1 Å². The maximum Gasteiger partial charge on any atom is 0.226 e. The van der Waals surface area contributed by atoms with Crippen molar-refractivity contribution in [2.75, 3.05) is 7.05 Å². The zero-order valence-electron chi connectivity index (χ0n) is 15.4. The van der Waals surface area contributed by atoms with Gasteiger partial charge in [-0.2, -0.15) is 0 Å². The molecule has 1 heterocycles. The van der Waals surface area contributed by atoms with Crippen LogP contribution >= 0.6 is 0 Å². The summed E-state index contributed by atoms with van der Waals surface area (Å²) in [4.78, 5) is 8.78. The summed E-state index contributed by atoms with van der Waals surface area (Å²) in [5.41, 5.74) is 5.60. The number of aryl methyl sites for hydroxylation is 2. The maximum absolute atomic E-state index is 5.56. The molecule has 26 heavy (non-hydrogen) atoms. The van der Waals surface area contributed by atoms with Crippen LogP contribution in [0.15, 0.2) is 64.2 Å². The quantitative estimate of drug-likeness (QED) is 0.543. The fraction of sp³-hybridized carbons (Fsp3) is 0.238. The lowest BCUT2D eigenvalue weighted by Gasteiger charge is -2.12. The van der Waals surface area contributed by atoms with E-state index in [1.54, 1.807) is 13.3 Å². The number of aliphatic imine (C=N–C) groups is 1. The van der Waals surface area contributed by atoms with Gasteiger partial charge in [0.2, 0.25) is 5.89 Å². The molecule has 0 aliphatic rings. The van der Waals surface area contributed by atoms with Gasteiger partial charge in [0.05, 0.1) is 12.2 Å². The highest BCUT2D eigenvalue weighted by Crippen LogP contribution is 2.17. The van der Waals surface area contributed by atoms with Crippen LogP contribution in [0.25, 0.3) is 11.5 Å². The molecule has 5 heteroatoms. The normalized spacial score (nSPS) is 11.4. The Morgan fingerprint density at radius 2 is 1.81 bits per heavy atom. The highest BCUT2D eigenvalue weighted by Gasteiger charge is 2.07. The van der Waals surface area contributed by atoms with E-state index < -0.39 is 0 Å². The van der Waals surface area contributed by atoms with Crippen molar-refractivity contribution in [3.05, 3.63) is 77.2 Å². The molecule has 2 N–H and O–H groups in total. The first-order chi connectivity index (χ1) is 12.7. The number of aromatic nitrogens is 1. The van der Waals surface area contributed by atoms with Crippen molar-refractivity contribution >= 4 is 5.96 Å². The van der Waals surface area contributed by atoms with E-state index in [0.29, 0.717) is 12.4 Å². The van der Waals surface area contributed by atoms with Crippen LogP contribution in [0.2, 0.25) is 0 Å². The Morgan fingerprint density at radius 1 is 1.04 bits per heavy atom. The van der Waals surface area contributed by atoms with Gasteiger partial charge in [-0.15, -0.1) is 0 Å². The van der Waals surface area contributed by atoms with Crippen molar-refractivity contribution in [2.24, 2.45) is 4.99 Å². The first kappa shape index (κ1) is 17.7. The summed E-state index contributed by atoms with van der Waals surface area (Å²) in [6, 6.07) is 16.3. The Morgan fingerprint density at radius 3 is 2.54 bits per heavy atom. The number of nitrogens with one attached hydrogen (secondary N) is 2. The molecule has 0 saturated carbocycles. The molecule has 0 atom stereocenters.